The van der Waals surface area contributed by atoms with E-state index in [1.54, 1.807) is 24.4 Å². The highest BCUT2D eigenvalue weighted by Gasteiger charge is 2.00. The zero-order chi connectivity index (χ0) is 15.9. The average molecular weight is 292 g/mol. The number of halogens is 1. The van der Waals surface area contributed by atoms with Crippen LogP contribution in [0, 0.1) is 28.5 Å². The van der Waals surface area contributed by atoms with E-state index in [4.69, 9.17) is 10.5 Å². The van der Waals surface area contributed by atoms with Crippen molar-refractivity contribution >= 4 is 17.2 Å². The third-order valence-corrected chi connectivity index (χ3v) is 2.82. The molecule has 0 amide bonds. The lowest BCUT2D eigenvalue weighted by Gasteiger charge is -1.92. The summed E-state index contributed by atoms with van der Waals surface area (Å²) in [5, 5.41) is 24.5. The Labute approximate surface area is 125 Å². The summed E-state index contributed by atoms with van der Waals surface area (Å²) < 4.78 is 12.6. The van der Waals surface area contributed by atoms with Crippen LogP contribution in [0.1, 0.15) is 21.5 Å². The predicted molar refractivity (Wildman–Crippen MR) is 77.3 cm³/mol. The number of hydrogen-bond donors (Lipinski definition) is 1. The van der Waals surface area contributed by atoms with Crippen LogP contribution in [0.5, 0.6) is 0 Å². The monoisotopic (exact) mass is 292 g/mol. The van der Waals surface area contributed by atoms with Crippen molar-refractivity contribution in [3.63, 3.8) is 0 Å². The molecule has 106 valence electrons. The fourth-order valence-corrected chi connectivity index (χ4v) is 1.72. The summed E-state index contributed by atoms with van der Waals surface area (Å²) in [4.78, 5) is 10.1. The normalized spacial score (nSPS) is 9.23. The minimum Gasteiger partial charge on any atom is -0.298 e. The van der Waals surface area contributed by atoms with E-state index in [1.807, 2.05) is 6.07 Å². The molecule has 5 nitrogen and oxygen atoms in total. The van der Waals surface area contributed by atoms with Gasteiger partial charge in [0, 0.05) is 5.39 Å². The Hall–Kier alpha value is -3.51. The number of carbonyl (C=O) groups excluding carboxylic acids is 1. The number of aldehydes is 1. The molecule has 1 aromatic heterocycles. The first kappa shape index (κ1) is 14.9. The molecule has 0 atom stereocenters. The summed E-state index contributed by atoms with van der Waals surface area (Å²) in [5.41, 5.74) is 1.83. The van der Waals surface area contributed by atoms with Gasteiger partial charge in [0.05, 0.1) is 40.5 Å². The van der Waals surface area contributed by atoms with E-state index in [0.29, 0.717) is 11.8 Å². The van der Waals surface area contributed by atoms with Gasteiger partial charge in [-0.15, -0.1) is 0 Å². The zero-order valence-electron chi connectivity index (χ0n) is 11.2. The Morgan fingerprint density at radius 3 is 2.45 bits per heavy atom. The molecule has 6 heteroatoms. The van der Waals surface area contributed by atoms with E-state index in [2.05, 4.69) is 16.3 Å². The molecule has 1 heterocycles. The van der Waals surface area contributed by atoms with E-state index >= 15 is 0 Å². The summed E-state index contributed by atoms with van der Waals surface area (Å²) in [5.74, 6) is -0.598. The van der Waals surface area contributed by atoms with Gasteiger partial charge in [-0.2, -0.15) is 15.6 Å². The van der Waals surface area contributed by atoms with Gasteiger partial charge in [0.1, 0.15) is 5.82 Å². The first-order chi connectivity index (χ1) is 10.7. The highest BCUT2D eigenvalue weighted by Crippen LogP contribution is 2.11. The van der Waals surface area contributed by atoms with Crippen molar-refractivity contribution in [3.05, 3.63) is 65.1 Å². The average Bonchev–Trinajstić information content (AvgIpc) is 3.03. The van der Waals surface area contributed by atoms with Gasteiger partial charge >= 0.3 is 0 Å². The number of carbonyl (C=O) groups is 1. The number of benzene rings is 2. The molecule has 0 bridgehead atoms. The molecule has 1 N–H and O–H groups in total. The second kappa shape index (κ2) is 6.78. The topological polar surface area (TPSA) is 93.3 Å². The number of aromatic nitrogens is 2. The third-order valence-electron chi connectivity index (χ3n) is 2.82. The summed E-state index contributed by atoms with van der Waals surface area (Å²) in [7, 11) is 0. The summed E-state index contributed by atoms with van der Waals surface area (Å²) in [6.07, 6.45) is 2.09. The highest BCUT2D eigenvalue weighted by molar-refractivity contribution is 5.79. The number of hydrogen-bond acceptors (Lipinski definition) is 4. The van der Waals surface area contributed by atoms with Crippen LogP contribution < -0.4 is 0 Å². The van der Waals surface area contributed by atoms with E-state index in [-0.39, 0.29) is 11.1 Å². The first-order valence-electron chi connectivity index (χ1n) is 6.16. The van der Waals surface area contributed by atoms with Crippen LogP contribution in [-0.4, -0.2) is 16.5 Å². The minimum absolute atomic E-state index is 0.0796. The number of nitrogens with one attached hydrogen (secondary N) is 1. The fourth-order valence-electron chi connectivity index (χ4n) is 1.72. The van der Waals surface area contributed by atoms with Crippen LogP contribution in [0.15, 0.2) is 42.6 Å². The first-order valence-corrected chi connectivity index (χ1v) is 6.16. The molecule has 0 spiro atoms. The van der Waals surface area contributed by atoms with Gasteiger partial charge in [-0.3, -0.25) is 9.89 Å². The van der Waals surface area contributed by atoms with Crippen LogP contribution in [0.3, 0.4) is 0 Å². The van der Waals surface area contributed by atoms with Gasteiger partial charge in [0.2, 0.25) is 0 Å². The lowest BCUT2D eigenvalue weighted by Crippen LogP contribution is -1.87. The molecule has 0 fully saturated rings. The van der Waals surface area contributed by atoms with Crippen LogP contribution in [0.25, 0.3) is 10.9 Å². The fraction of sp³-hybridized carbons (Fsp3) is 0. The molecule has 0 aliphatic heterocycles. The highest BCUT2D eigenvalue weighted by atomic mass is 19.1. The molecule has 2 aromatic carbocycles. The van der Waals surface area contributed by atoms with Gasteiger partial charge in [-0.25, -0.2) is 4.39 Å². The number of nitrogens with zero attached hydrogens (tertiary/aromatic N) is 3. The Morgan fingerprint density at radius 1 is 1.09 bits per heavy atom. The predicted octanol–water partition coefficient (Wildman–Crippen LogP) is 2.94. The van der Waals surface area contributed by atoms with Crippen molar-refractivity contribution in [1.82, 2.24) is 10.2 Å². The quantitative estimate of drug-likeness (QED) is 0.698. The Bertz CT molecular complexity index is 902. The lowest BCUT2D eigenvalue weighted by molar-refractivity contribution is 0.112. The van der Waals surface area contributed by atoms with E-state index < -0.39 is 5.82 Å². The van der Waals surface area contributed by atoms with Crippen molar-refractivity contribution in [2.24, 2.45) is 0 Å². The molecule has 0 radical (unpaired) electrons. The molecular formula is C16H9FN4O. The van der Waals surface area contributed by atoms with Gasteiger partial charge in [-0.05, 0) is 36.4 Å². The molecular weight excluding hydrogens is 283 g/mol. The molecule has 3 aromatic rings. The second-order valence-corrected chi connectivity index (χ2v) is 4.25. The number of aromatic amines is 1. The Kier molecular flexibility index (Phi) is 4.59. The van der Waals surface area contributed by atoms with Crippen molar-refractivity contribution in [3.8, 4) is 12.1 Å². The summed E-state index contributed by atoms with van der Waals surface area (Å²) >= 11 is 0. The molecule has 0 saturated carbocycles. The minimum atomic E-state index is -0.598. The van der Waals surface area contributed by atoms with Gasteiger partial charge in [0.15, 0.2) is 6.29 Å². The maximum Gasteiger partial charge on any atom is 0.153 e. The smallest absolute Gasteiger partial charge is 0.153 e. The number of rotatable bonds is 1. The van der Waals surface area contributed by atoms with E-state index in [0.717, 1.165) is 17.0 Å². The molecule has 0 aliphatic carbocycles. The van der Waals surface area contributed by atoms with Gasteiger partial charge in [-0.1, -0.05) is 0 Å². The molecule has 22 heavy (non-hydrogen) atoms. The van der Waals surface area contributed by atoms with Crippen LogP contribution in [0.2, 0.25) is 0 Å². The van der Waals surface area contributed by atoms with Crippen molar-refractivity contribution in [1.29, 1.82) is 10.5 Å². The Morgan fingerprint density at radius 2 is 1.77 bits per heavy atom. The number of nitriles is 2. The molecule has 0 unspecified atom stereocenters. The SMILES string of the molecule is N#Cc1ccc(F)c(C=O)c1.N#Cc1ccc2[nH]ncc2c1. The molecule has 0 aliphatic rings. The number of H-pyrrole nitrogens is 1. The lowest BCUT2D eigenvalue weighted by atomic mass is 10.1. The number of fused-ring (bicyclic) bond motifs is 1. The van der Waals surface area contributed by atoms with Gasteiger partial charge < -0.3 is 0 Å². The van der Waals surface area contributed by atoms with Gasteiger partial charge in [0.25, 0.3) is 0 Å². The maximum atomic E-state index is 12.6. The summed E-state index contributed by atoms with van der Waals surface area (Å²) in [6.45, 7) is 0. The summed E-state index contributed by atoms with van der Waals surface area (Å²) in [6, 6.07) is 12.9. The van der Waals surface area contributed by atoms with Crippen molar-refractivity contribution < 1.29 is 9.18 Å². The standard InChI is InChI=1S/C8H4FNO.C8H5N3/c9-8-2-1-6(4-10)3-7(8)5-11;9-4-6-1-2-8-7(3-6)5-10-11-8/h1-3,5H;1-3,5H,(H,10,11). The molecule has 3 rings (SSSR count). The third kappa shape index (κ3) is 3.33. The maximum absolute atomic E-state index is 12.6. The van der Waals surface area contributed by atoms with Crippen molar-refractivity contribution in [2.45, 2.75) is 0 Å². The van der Waals surface area contributed by atoms with Crippen molar-refractivity contribution in [2.75, 3.05) is 0 Å². The Balaban J connectivity index is 0.000000160. The largest absolute Gasteiger partial charge is 0.298 e. The zero-order valence-corrected chi connectivity index (χ0v) is 11.2. The van der Waals surface area contributed by atoms with Crippen LogP contribution >= 0.6 is 0 Å². The van der Waals surface area contributed by atoms with E-state index in [1.165, 1.54) is 12.1 Å². The van der Waals surface area contributed by atoms with E-state index in [9.17, 15) is 9.18 Å². The molecule has 0 saturated heterocycles. The van der Waals surface area contributed by atoms with Crippen LogP contribution in [0.4, 0.5) is 4.39 Å². The van der Waals surface area contributed by atoms with Crippen LogP contribution in [-0.2, 0) is 0 Å². The second-order valence-electron chi connectivity index (χ2n) is 4.25.